The second-order valence-electron chi connectivity index (χ2n) is 4.43. The van der Waals surface area contributed by atoms with E-state index in [-0.39, 0.29) is 0 Å². The lowest BCUT2D eigenvalue weighted by Gasteiger charge is -2.24. The van der Waals surface area contributed by atoms with Crippen LogP contribution in [-0.2, 0) is 6.54 Å². The van der Waals surface area contributed by atoms with Crippen molar-refractivity contribution in [3.05, 3.63) is 48.0 Å². The number of hydrogen-bond acceptors (Lipinski definition) is 4. The number of anilines is 2. The molecule has 4 heteroatoms. The lowest BCUT2D eigenvalue weighted by atomic mass is 10.1. The Hall–Kier alpha value is -2.20. The number of nitrogens with two attached hydrogens (primary N) is 1. The first-order valence-electron chi connectivity index (χ1n) is 6.45. The normalized spacial score (nSPS) is 10.2. The van der Waals surface area contributed by atoms with Crippen molar-refractivity contribution in [2.75, 3.05) is 26.2 Å². The third-order valence-corrected chi connectivity index (χ3v) is 3.32. The number of methoxy groups -OCH3 is 2. The number of hydrogen-bond donors (Lipinski definition) is 1. The molecule has 0 aliphatic rings. The van der Waals surface area contributed by atoms with Crippen molar-refractivity contribution >= 4 is 11.4 Å². The van der Waals surface area contributed by atoms with E-state index < -0.39 is 0 Å². The van der Waals surface area contributed by atoms with Gasteiger partial charge in [-0.1, -0.05) is 18.2 Å². The van der Waals surface area contributed by atoms with E-state index in [0.717, 1.165) is 28.4 Å². The minimum atomic E-state index is 0.471. The molecule has 0 atom stereocenters. The zero-order valence-corrected chi connectivity index (χ0v) is 12.1. The van der Waals surface area contributed by atoms with Gasteiger partial charge in [-0.3, -0.25) is 0 Å². The molecular weight excluding hydrogens is 252 g/mol. The Kier molecular flexibility index (Phi) is 4.48. The van der Waals surface area contributed by atoms with Gasteiger partial charge in [-0.15, -0.1) is 0 Å². The zero-order valence-electron chi connectivity index (χ0n) is 12.1. The number of nitrogens with zero attached hydrogens (tertiary/aromatic N) is 1. The molecule has 0 fully saturated rings. The number of rotatable bonds is 5. The predicted molar refractivity (Wildman–Crippen MR) is 81.9 cm³/mol. The summed E-state index contributed by atoms with van der Waals surface area (Å²) in [4.78, 5) is 2.06. The number of benzene rings is 2. The van der Waals surface area contributed by atoms with Gasteiger partial charge in [-0.25, -0.2) is 0 Å². The highest BCUT2D eigenvalue weighted by Crippen LogP contribution is 2.35. The maximum atomic E-state index is 5.83. The molecule has 106 valence electrons. The first-order valence-corrected chi connectivity index (χ1v) is 6.45. The van der Waals surface area contributed by atoms with E-state index in [1.54, 1.807) is 14.2 Å². The highest BCUT2D eigenvalue weighted by atomic mass is 16.5. The van der Waals surface area contributed by atoms with Gasteiger partial charge in [0.1, 0.15) is 11.5 Å². The van der Waals surface area contributed by atoms with Gasteiger partial charge < -0.3 is 20.1 Å². The monoisotopic (exact) mass is 272 g/mol. The fourth-order valence-corrected chi connectivity index (χ4v) is 2.19. The van der Waals surface area contributed by atoms with E-state index in [1.807, 2.05) is 49.5 Å². The molecule has 20 heavy (non-hydrogen) atoms. The van der Waals surface area contributed by atoms with Crippen molar-refractivity contribution < 1.29 is 9.47 Å². The van der Waals surface area contributed by atoms with E-state index in [4.69, 9.17) is 15.2 Å². The van der Waals surface area contributed by atoms with E-state index >= 15 is 0 Å². The lowest BCUT2D eigenvalue weighted by molar-refractivity contribution is 0.414. The summed E-state index contributed by atoms with van der Waals surface area (Å²) in [5.41, 5.74) is 8.88. The van der Waals surface area contributed by atoms with Gasteiger partial charge in [0.25, 0.3) is 0 Å². The lowest BCUT2D eigenvalue weighted by Crippen LogP contribution is -2.14. The molecule has 0 unspecified atom stereocenters. The largest absolute Gasteiger partial charge is 0.497 e. The van der Waals surface area contributed by atoms with Crippen LogP contribution in [0.5, 0.6) is 11.5 Å². The SMILES string of the molecule is COc1ccc(CN)c(N(C)c2ccccc2OC)c1. The van der Waals surface area contributed by atoms with Crippen molar-refractivity contribution in [3.63, 3.8) is 0 Å². The molecule has 2 aromatic rings. The minimum absolute atomic E-state index is 0.471. The van der Waals surface area contributed by atoms with Crippen molar-refractivity contribution in [2.45, 2.75) is 6.54 Å². The van der Waals surface area contributed by atoms with Gasteiger partial charge in [0.05, 0.1) is 19.9 Å². The number of para-hydroxylation sites is 2. The third kappa shape index (κ3) is 2.70. The van der Waals surface area contributed by atoms with Crippen LogP contribution in [0.2, 0.25) is 0 Å². The van der Waals surface area contributed by atoms with Crippen LogP contribution in [0.25, 0.3) is 0 Å². The Morgan fingerprint density at radius 3 is 2.40 bits per heavy atom. The van der Waals surface area contributed by atoms with Crippen LogP contribution in [0.3, 0.4) is 0 Å². The Morgan fingerprint density at radius 1 is 1.00 bits per heavy atom. The first kappa shape index (κ1) is 14.2. The molecule has 0 bridgehead atoms. The Morgan fingerprint density at radius 2 is 1.75 bits per heavy atom. The molecule has 0 saturated heterocycles. The topological polar surface area (TPSA) is 47.7 Å². The summed E-state index contributed by atoms with van der Waals surface area (Å²) in [6.07, 6.45) is 0. The summed E-state index contributed by atoms with van der Waals surface area (Å²) in [5.74, 6) is 1.62. The third-order valence-electron chi connectivity index (χ3n) is 3.32. The van der Waals surface area contributed by atoms with Gasteiger partial charge in [0, 0.05) is 25.3 Å². The number of ether oxygens (including phenoxy) is 2. The summed E-state index contributed by atoms with van der Waals surface area (Å²) >= 11 is 0. The Bertz CT molecular complexity index is 584. The quantitative estimate of drug-likeness (QED) is 0.909. The fraction of sp³-hybridized carbons (Fsp3) is 0.250. The summed E-state index contributed by atoms with van der Waals surface area (Å²) in [7, 11) is 5.32. The second-order valence-corrected chi connectivity index (χ2v) is 4.43. The van der Waals surface area contributed by atoms with Crippen molar-refractivity contribution in [1.82, 2.24) is 0 Å². The second kappa shape index (κ2) is 6.30. The van der Waals surface area contributed by atoms with Crippen LogP contribution < -0.4 is 20.1 Å². The molecule has 4 nitrogen and oxygen atoms in total. The van der Waals surface area contributed by atoms with Gasteiger partial charge >= 0.3 is 0 Å². The van der Waals surface area contributed by atoms with Crippen LogP contribution in [0.1, 0.15) is 5.56 Å². The van der Waals surface area contributed by atoms with Crippen molar-refractivity contribution in [3.8, 4) is 11.5 Å². The highest BCUT2D eigenvalue weighted by Gasteiger charge is 2.13. The summed E-state index contributed by atoms with van der Waals surface area (Å²) in [5, 5.41) is 0. The van der Waals surface area contributed by atoms with Crippen molar-refractivity contribution in [2.24, 2.45) is 5.73 Å². The maximum Gasteiger partial charge on any atom is 0.142 e. The Labute approximate surface area is 119 Å². The van der Waals surface area contributed by atoms with E-state index in [1.165, 1.54) is 0 Å². The van der Waals surface area contributed by atoms with E-state index in [9.17, 15) is 0 Å². The minimum Gasteiger partial charge on any atom is -0.497 e. The standard InChI is InChI=1S/C16H20N2O2/c1-18(14-6-4-5-7-16(14)20-3)15-10-13(19-2)9-8-12(15)11-17/h4-10H,11,17H2,1-3H3. The van der Waals surface area contributed by atoms with Crippen molar-refractivity contribution in [1.29, 1.82) is 0 Å². The summed E-state index contributed by atoms with van der Waals surface area (Å²) in [6.45, 7) is 0.471. The molecule has 0 amide bonds. The van der Waals surface area contributed by atoms with Crippen LogP contribution in [-0.4, -0.2) is 21.3 Å². The van der Waals surface area contributed by atoms with Crippen LogP contribution in [0.4, 0.5) is 11.4 Å². The molecule has 2 rings (SSSR count). The van der Waals surface area contributed by atoms with Gasteiger partial charge in [0.15, 0.2) is 0 Å². The predicted octanol–water partition coefficient (Wildman–Crippen LogP) is 2.93. The van der Waals surface area contributed by atoms with Crippen LogP contribution >= 0.6 is 0 Å². The average Bonchev–Trinajstić information content (AvgIpc) is 2.53. The summed E-state index contributed by atoms with van der Waals surface area (Å²) < 4.78 is 10.7. The molecule has 0 aliphatic carbocycles. The van der Waals surface area contributed by atoms with Gasteiger partial charge in [-0.05, 0) is 23.8 Å². The first-order chi connectivity index (χ1) is 9.71. The maximum absolute atomic E-state index is 5.83. The van der Waals surface area contributed by atoms with Crippen LogP contribution in [0.15, 0.2) is 42.5 Å². The molecule has 0 radical (unpaired) electrons. The molecule has 0 saturated carbocycles. The Balaban J connectivity index is 2.49. The van der Waals surface area contributed by atoms with Gasteiger partial charge in [-0.2, -0.15) is 0 Å². The molecule has 0 heterocycles. The van der Waals surface area contributed by atoms with E-state index in [0.29, 0.717) is 6.54 Å². The molecule has 2 aromatic carbocycles. The van der Waals surface area contributed by atoms with Crippen LogP contribution in [0, 0.1) is 0 Å². The molecule has 0 spiro atoms. The molecule has 0 aliphatic heterocycles. The molecule has 0 aromatic heterocycles. The molecular formula is C16H20N2O2. The molecule has 2 N–H and O–H groups in total. The average molecular weight is 272 g/mol. The highest BCUT2D eigenvalue weighted by molar-refractivity contribution is 5.71. The zero-order chi connectivity index (χ0) is 14.5. The van der Waals surface area contributed by atoms with E-state index in [2.05, 4.69) is 4.90 Å². The summed E-state index contributed by atoms with van der Waals surface area (Å²) in [6, 6.07) is 13.8. The smallest absolute Gasteiger partial charge is 0.142 e. The fourth-order valence-electron chi connectivity index (χ4n) is 2.19. The van der Waals surface area contributed by atoms with Gasteiger partial charge in [0.2, 0.25) is 0 Å².